The fourth-order valence-corrected chi connectivity index (χ4v) is 0.664. The van der Waals surface area contributed by atoms with E-state index < -0.39 is 0 Å². The molecule has 0 saturated carbocycles. The van der Waals surface area contributed by atoms with Crippen LogP contribution in [0.5, 0.6) is 0 Å². The molecule has 0 fully saturated rings. The molecule has 0 aliphatic rings. The van der Waals surface area contributed by atoms with Crippen LogP contribution in [0.25, 0.3) is 0 Å². The molecular weight excluding hydrogens is 128 g/mol. The first-order valence-corrected chi connectivity index (χ1v) is 2.76. The van der Waals surface area contributed by atoms with Gasteiger partial charge in [0.2, 0.25) is 0 Å². The summed E-state index contributed by atoms with van der Waals surface area (Å²) in [4.78, 5) is 0. The Morgan fingerprint density at radius 1 is 1.88 bits per heavy atom. The van der Waals surface area contributed by atoms with Gasteiger partial charge in [-0.2, -0.15) is 4.07 Å². The van der Waals surface area contributed by atoms with Gasteiger partial charge < -0.3 is 8.96 Å². The highest BCUT2D eigenvalue weighted by atomic mass is 32.1. The lowest BCUT2D eigenvalue weighted by Gasteiger charge is -1.94. The van der Waals surface area contributed by atoms with Gasteiger partial charge in [0.05, 0.1) is 6.20 Å². The highest BCUT2D eigenvalue weighted by molar-refractivity contribution is 6.96. The second-order valence-electron chi connectivity index (χ2n) is 1.12. The van der Waals surface area contributed by atoms with Crippen molar-refractivity contribution in [1.29, 1.82) is 0 Å². The fourth-order valence-electron chi connectivity index (χ4n) is 0.304. The summed E-state index contributed by atoms with van der Waals surface area (Å²) in [6.45, 7) is -0.0744. The molecule has 0 unspecified atom stereocenters. The number of aromatic amines is 1. The number of nitrogens with one attached hydrogen (secondary N) is 1. The van der Waals surface area contributed by atoms with E-state index in [0.29, 0.717) is 0 Å². The molecule has 5 heteroatoms. The summed E-state index contributed by atoms with van der Waals surface area (Å²) in [5.74, 6) is 0. The van der Waals surface area contributed by atoms with Crippen LogP contribution in [0.15, 0.2) is 16.3 Å². The molecule has 46 valence electrons. The van der Waals surface area contributed by atoms with E-state index in [9.17, 15) is 0 Å². The van der Waals surface area contributed by atoms with E-state index in [1.54, 1.807) is 6.20 Å². The van der Waals surface area contributed by atoms with Crippen molar-refractivity contribution in [3.8, 4) is 0 Å². The average Bonchev–Trinajstić information content (AvgIpc) is 1.90. The third-order valence-electron chi connectivity index (χ3n) is 0.604. The van der Waals surface area contributed by atoms with Gasteiger partial charge in [-0.15, -0.1) is 0 Å². The molecule has 0 amide bonds. The van der Waals surface area contributed by atoms with Crippen LogP contribution in [0.3, 0.4) is 0 Å². The Bertz CT molecular complexity index is 157. The van der Waals surface area contributed by atoms with Crippen molar-refractivity contribution in [2.75, 3.05) is 0 Å². The van der Waals surface area contributed by atoms with Gasteiger partial charge in [-0.3, -0.25) is 5.10 Å². The van der Waals surface area contributed by atoms with Gasteiger partial charge in [0.15, 0.2) is 0 Å². The lowest BCUT2D eigenvalue weighted by molar-refractivity contribution is 0.204. The zero-order valence-electron chi connectivity index (χ0n) is 4.07. The molecule has 2 N–H and O–H groups in total. The van der Waals surface area contributed by atoms with Gasteiger partial charge in [0, 0.05) is 0 Å². The van der Waals surface area contributed by atoms with Gasteiger partial charge >= 0.3 is 0 Å². The van der Waals surface area contributed by atoms with E-state index >= 15 is 0 Å². The molecule has 0 bridgehead atoms. The number of hydrogen-bond acceptors (Lipinski definition) is 3. The van der Waals surface area contributed by atoms with Gasteiger partial charge in [-0.1, -0.05) is 0 Å². The van der Waals surface area contributed by atoms with Crippen LogP contribution in [0, 0.1) is 0 Å². The summed E-state index contributed by atoms with van der Waals surface area (Å²) >= 11 is 1.05. The number of nitrogens with zero attached hydrogens (tertiary/aromatic N) is 1. The number of rotatable bonds is 1. The minimum atomic E-state index is -0.0744. The predicted molar refractivity (Wildman–Crippen MR) is 28.8 cm³/mol. The number of aliphatic hydroxyl groups is 1. The molecule has 0 spiro atoms. The summed E-state index contributed by atoms with van der Waals surface area (Å²) in [6, 6.07) is 0. The Morgan fingerprint density at radius 2 is 2.75 bits per heavy atom. The summed E-state index contributed by atoms with van der Waals surface area (Å²) in [7, 11) is 0. The third-order valence-corrected chi connectivity index (χ3v) is 1.20. The first kappa shape index (κ1) is 5.46. The lowest BCUT2D eigenvalue weighted by Crippen LogP contribution is -1.96. The number of aliphatic hydroxyl groups excluding tert-OH is 1. The second-order valence-corrected chi connectivity index (χ2v) is 1.90. The van der Waals surface area contributed by atoms with Crippen molar-refractivity contribution in [3.63, 3.8) is 0 Å². The van der Waals surface area contributed by atoms with E-state index in [1.165, 1.54) is 10.3 Å². The van der Waals surface area contributed by atoms with Crippen molar-refractivity contribution in [1.82, 2.24) is 9.17 Å². The molecule has 1 heterocycles. The molecule has 0 aliphatic heterocycles. The molecule has 0 saturated heterocycles. The largest absolute Gasteiger partial charge is 0.392 e. The highest BCUT2D eigenvalue weighted by Gasteiger charge is 1.77. The predicted octanol–water partition coefficient (Wildman–Crippen LogP) is 0.545. The van der Waals surface area contributed by atoms with E-state index in [-0.39, 0.29) is 6.73 Å². The van der Waals surface area contributed by atoms with Crippen LogP contribution in [0.4, 0.5) is 0 Å². The average molecular weight is 134 g/mol. The Hall–Kier alpha value is -0.680. The van der Waals surface area contributed by atoms with Crippen molar-refractivity contribution < 1.29 is 8.96 Å². The first-order valence-electron chi connectivity index (χ1n) is 2.06. The van der Waals surface area contributed by atoms with Crippen molar-refractivity contribution >= 4 is 11.8 Å². The van der Waals surface area contributed by atoms with Crippen molar-refractivity contribution in [3.05, 3.63) is 12.5 Å². The quantitative estimate of drug-likeness (QED) is 0.589. The molecule has 0 atom stereocenters. The van der Waals surface area contributed by atoms with Gasteiger partial charge in [-0.05, 0) is 0 Å². The van der Waals surface area contributed by atoms with Gasteiger partial charge in [0.1, 0.15) is 24.8 Å². The standard InChI is InChI=1S/C3H6N2O2S/c6-3-5-4-1-2-7-8-5/h1-2,4,6H,3H2. The van der Waals surface area contributed by atoms with Gasteiger partial charge in [0.25, 0.3) is 0 Å². The minimum absolute atomic E-state index is 0.0744. The molecule has 8 heavy (non-hydrogen) atoms. The number of aromatic nitrogens is 2. The molecule has 0 radical (unpaired) electrons. The second kappa shape index (κ2) is 2.58. The summed E-state index contributed by atoms with van der Waals surface area (Å²) < 4.78 is 6.14. The third kappa shape index (κ3) is 1.14. The maximum Gasteiger partial charge on any atom is 0.148 e. The van der Waals surface area contributed by atoms with E-state index in [4.69, 9.17) is 8.96 Å². The van der Waals surface area contributed by atoms with Crippen LogP contribution in [0.1, 0.15) is 0 Å². The molecule has 1 rings (SSSR count). The fraction of sp³-hybridized carbons (Fsp3) is 0.333. The Kier molecular flexibility index (Phi) is 1.76. The first-order chi connectivity index (χ1) is 3.93. The molecule has 1 aromatic heterocycles. The molecule has 4 nitrogen and oxygen atoms in total. The summed E-state index contributed by atoms with van der Waals surface area (Å²) in [6.07, 6.45) is 3.09. The molecule has 1 aromatic rings. The van der Waals surface area contributed by atoms with E-state index in [2.05, 4.69) is 5.10 Å². The van der Waals surface area contributed by atoms with Crippen molar-refractivity contribution in [2.24, 2.45) is 0 Å². The van der Waals surface area contributed by atoms with Crippen LogP contribution in [0.2, 0.25) is 0 Å². The van der Waals surface area contributed by atoms with Crippen LogP contribution < -0.4 is 0 Å². The number of H-pyrrole nitrogens is 1. The monoisotopic (exact) mass is 134 g/mol. The van der Waals surface area contributed by atoms with Crippen LogP contribution >= 0.6 is 11.8 Å². The summed E-state index contributed by atoms with van der Waals surface area (Å²) in [5.41, 5.74) is 0. The maximum atomic E-state index is 8.42. The maximum absolute atomic E-state index is 8.42. The normalized spacial score (nSPS) is 9.12. The molecule has 0 aliphatic carbocycles. The van der Waals surface area contributed by atoms with E-state index in [0.717, 1.165) is 11.8 Å². The Labute approximate surface area is 50.0 Å². The highest BCUT2D eigenvalue weighted by Crippen LogP contribution is 1.89. The Morgan fingerprint density at radius 3 is 3.12 bits per heavy atom. The van der Waals surface area contributed by atoms with E-state index in [1.807, 2.05) is 0 Å². The van der Waals surface area contributed by atoms with Crippen LogP contribution in [-0.4, -0.2) is 14.3 Å². The summed E-state index contributed by atoms with van der Waals surface area (Å²) in [5, 5.41) is 11.1. The number of hydrogen-bond donors (Lipinski definition) is 2. The Balaban J connectivity index is 2.83. The SMILES string of the molecule is OCn1[nH]ccos1. The van der Waals surface area contributed by atoms with Crippen LogP contribution in [-0.2, 0) is 6.73 Å². The van der Waals surface area contributed by atoms with Gasteiger partial charge in [-0.25, -0.2) is 0 Å². The molecular formula is C3H6N2O2S. The smallest absolute Gasteiger partial charge is 0.148 e. The van der Waals surface area contributed by atoms with Crippen molar-refractivity contribution in [2.45, 2.75) is 6.73 Å². The zero-order chi connectivity index (χ0) is 5.82. The topological polar surface area (TPSA) is 54.1 Å². The minimum Gasteiger partial charge on any atom is -0.392 e. The zero-order valence-corrected chi connectivity index (χ0v) is 4.89. The lowest BCUT2D eigenvalue weighted by atomic mass is 11.0. The molecule has 0 aromatic carbocycles.